The van der Waals surface area contributed by atoms with E-state index in [0.717, 1.165) is 6.42 Å². The molecule has 5 aromatic rings. The molecule has 0 fully saturated rings. The molecule has 1 nitrogen and oxygen atoms in total. The van der Waals surface area contributed by atoms with Crippen LogP contribution in [0.4, 0.5) is 0 Å². The molecular formula is C27H23N. The van der Waals surface area contributed by atoms with E-state index in [2.05, 4.69) is 109 Å². The molecule has 0 radical (unpaired) electrons. The van der Waals surface area contributed by atoms with Gasteiger partial charge in [0.15, 0.2) is 0 Å². The highest BCUT2D eigenvalue weighted by atomic mass is 15.0. The second-order valence-electron chi connectivity index (χ2n) is 7.38. The van der Waals surface area contributed by atoms with Crippen molar-refractivity contribution < 1.29 is 0 Å². The van der Waals surface area contributed by atoms with Gasteiger partial charge in [-0.1, -0.05) is 73.7 Å². The molecule has 1 heteroatoms. The molecule has 0 aliphatic heterocycles. The Balaban J connectivity index is 1.84. The SMILES string of the molecule is CCc1ccc(-n2c3ccccc3c3ccccc32)cc1-c1ccccc1C. The summed E-state index contributed by atoms with van der Waals surface area (Å²) in [5.74, 6) is 0. The highest BCUT2D eigenvalue weighted by molar-refractivity contribution is 6.09. The lowest BCUT2D eigenvalue weighted by Crippen LogP contribution is -1.97. The van der Waals surface area contributed by atoms with Crippen molar-refractivity contribution in [1.29, 1.82) is 0 Å². The highest BCUT2D eigenvalue weighted by Gasteiger charge is 2.14. The number of hydrogen-bond donors (Lipinski definition) is 0. The lowest BCUT2D eigenvalue weighted by molar-refractivity contribution is 1.12. The third kappa shape index (κ3) is 2.55. The molecule has 0 aliphatic rings. The molecule has 1 heterocycles. The smallest absolute Gasteiger partial charge is 0.0541 e. The number of para-hydroxylation sites is 2. The fraction of sp³-hybridized carbons (Fsp3) is 0.111. The summed E-state index contributed by atoms with van der Waals surface area (Å²) in [5.41, 5.74) is 9.08. The molecule has 0 unspecified atom stereocenters. The standard InChI is InChI=1S/C27H23N/c1-3-20-16-17-21(18-25(20)22-11-5-4-10-19(22)2)28-26-14-8-6-12-23(26)24-13-7-9-15-27(24)28/h4-18H,3H2,1-2H3. The van der Waals surface area contributed by atoms with Crippen LogP contribution >= 0.6 is 0 Å². The number of hydrogen-bond acceptors (Lipinski definition) is 0. The minimum atomic E-state index is 1.02. The largest absolute Gasteiger partial charge is 0.309 e. The van der Waals surface area contributed by atoms with Crippen molar-refractivity contribution >= 4 is 21.8 Å². The Morgan fingerprint density at radius 1 is 0.643 bits per heavy atom. The summed E-state index contributed by atoms with van der Waals surface area (Å²) < 4.78 is 2.39. The summed E-state index contributed by atoms with van der Waals surface area (Å²) >= 11 is 0. The minimum absolute atomic E-state index is 1.02. The first-order valence-electron chi connectivity index (χ1n) is 9.95. The van der Waals surface area contributed by atoms with E-state index in [1.807, 2.05) is 0 Å². The minimum Gasteiger partial charge on any atom is -0.309 e. The van der Waals surface area contributed by atoms with E-state index in [0.29, 0.717) is 0 Å². The van der Waals surface area contributed by atoms with Crippen LogP contribution in [0.15, 0.2) is 91.0 Å². The molecule has 0 atom stereocenters. The van der Waals surface area contributed by atoms with E-state index in [4.69, 9.17) is 0 Å². The number of aryl methyl sites for hydroxylation is 2. The Bertz CT molecular complexity index is 1250. The van der Waals surface area contributed by atoms with Gasteiger partial charge >= 0.3 is 0 Å². The van der Waals surface area contributed by atoms with Gasteiger partial charge in [-0.3, -0.25) is 0 Å². The summed E-state index contributed by atoms with van der Waals surface area (Å²) in [5, 5.41) is 2.60. The second-order valence-corrected chi connectivity index (χ2v) is 7.38. The number of fused-ring (bicyclic) bond motifs is 3. The van der Waals surface area contributed by atoms with E-state index < -0.39 is 0 Å². The first-order valence-corrected chi connectivity index (χ1v) is 9.95. The van der Waals surface area contributed by atoms with Crippen LogP contribution in [0, 0.1) is 6.92 Å². The van der Waals surface area contributed by atoms with Crippen LogP contribution in [0.2, 0.25) is 0 Å². The summed E-state index contributed by atoms with van der Waals surface area (Å²) in [6.07, 6.45) is 1.02. The molecule has 0 spiro atoms. The molecule has 0 bridgehead atoms. The van der Waals surface area contributed by atoms with E-state index in [9.17, 15) is 0 Å². The van der Waals surface area contributed by atoms with Crippen LogP contribution in [-0.2, 0) is 6.42 Å². The Hall–Kier alpha value is -3.32. The molecule has 0 saturated heterocycles. The maximum atomic E-state index is 2.39. The van der Waals surface area contributed by atoms with Gasteiger partial charge in [0.05, 0.1) is 11.0 Å². The summed E-state index contributed by atoms with van der Waals surface area (Å²) in [6.45, 7) is 4.43. The van der Waals surface area contributed by atoms with Crippen molar-refractivity contribution in [3.63, 3.8) is 0 Å². The maximum absolute atomic E-state index is 2.39. The van der Waals surface area contributed by atoms with E-state index in [1.54, 1.807) is 0 Å². The first kappa shape index (κ1) is 16.8. The van der Waals surface area contributed by atoms with Crippen LogP contribution < -0.4 is 0 Å². The Morgan fingerprint density at radius 3 is 1.89 bits per heavy atom. The van der Waals surface area contributed by atoms with E-state index in [1.165, 1.54) is 49.7 Å². The van der Waals surface area contributed by atoms with Gasteiger partial charge in [0.1, 0.15) is 0 Å². The summed E-state index contributed by atoms with van der Waals surface area (Å²) in [6, 6.07) is 33.0. The van der Waals surface area contributed by atoms with Crippen molar-refractivity contribution in [2.75, 3.05) is 0 Å². The first-order chi connectivity index (χ1) is 13.8. The van der Waals surface area contributed by atoms with Crippen molar-refractivity contribution in [3.8, 4) is 16.8 Å². The van der Waals surface area contributed by atoms with Gasteiger partial charge in [0.25, 0.3) is 0 Å². The molecule has 0 N–H and O–H groups in total. The highest BCUT2D eigenvalue weighted by Crippen LogP contribution is 2.35. The predicted molar refractivity (Wildman–Crippen MR) is 120 cm³/mol. The van der Waals surface area contributed by atoms with E-state index >= 15 is 0 Å². The van der Waals surface area contributed by atoms with Crippen LogP contribution in [0.5, 0.6) is 0 Å². The van der Waals surface area contributed by atoms with Gasteiger partial charge in [-0.15, -0.1) is 0 Å². The quantitative estimate of drug-likeness (QED) is 0.317. The van der Waals surface area contributed by atoms with Gasteiger partial charge in [-0.05, 0) is 59.9 Å². The number of aromatic nitrogens is 1. The van der Waals surface area contributed by atoms with Crippen LogP contribution in [0.1, 0.15) is 18.1 Å². The van der Waals surface area contributed by atoms with Gasteiger partial charge in [-0.25, -0.2) is 0 Å². The topological polar surface area (TPSA) is 4.93 Å². The van der Waals surface area contributed by atoms with Crippen LogP contribution in [0.3, 0.4) is 0 Å². The molecule has 0 aliphatic carbocycles. The zero-order chi connectivity index (χ0) is 19.1. The molecule has 28 heavy (non-hydrogen) atoms. The van der Waals surface area contributed by atoms with Crippen molar-refractivity contribution in [1.82, 2.24) is 4.57 Å². The van der Waals surface area contributed by atoms with Crippen LogP contribution in [-0.4, -0.2) is 4.57 Å². The van der Waals surface area contributed by atoms with Gasteiger partial charge in [-0.2, -0.15) is 0 Å². The van der Waals surface area contributed by atoms with Gasteiger partial charge in [0, 0.05) is 16.5 Å². The summed E-state index contributed by atoms with van der Waals surface area (Å²) in [7, 11) is 0. The molecule has 136 valence electrons. The molecule has 0 saturated carbocycles. The van der Waals surface area contributed by atoms with Crippen molar-refractivity contribution in [2.45, 2.75) is 20.3 Å². The molecule has 0 amide bonds. The lowest BCUT2D eigenvalue weighted by Gasteiger charge is -2.15. The third-order valence-corrected chi connectivity index (χ3v) is 5.75. The normalized spacial score (nSPS) is 11.4. The van der Waals surface area contributed by atoms with E-state index in [-0.39, 0.29) is 0 Å². The Labute approximate surface area is 165 Å². The second kappa shape index (κ2) is 6.69. The van der Waals surface area contributed by atoms with Gasteiger partial charge < -0.3 is 4.57 Å². The monoisotopic (exact) mass is 361 g/mol. The Kier molecular flexibility index (Phi) is 4.02. The maximum Gasteiger partial charge on any atom is 0.0541 e. The number of nitrogens with zero attached hydrogens (tertiary/aromatic N) is 1. The molecular weight excluding hydrogens is 338 g/mol. The van der Waals surface area contributed by atoms with Crippen molar-refractivity contribution in [2.24, 2.45) is 0 Å². The fourth-order valence-electron chi connectivity index (χ4n) is 4.34. The molecule has 5 rings (SSSR count). The van der Waals surface area contributed by atoms with Crippen molar-refractivity contribution in [3.05, 3.63) is 102 Å². The number of benzene rings is 4. The zero-order valence-corrected chi connectivity index (χ0v) is 16.3. The molecule has 1 aromatic heterocycles. The predicted octanol–water partition coefficient (Wildman–Crippen LogP) is 7.32. The number of rotatable bonds is 3. The lowest BCUT2D eigenvalue weighted by atomic mass is 9.94. The van der Waals surface area contributed by atoms with Crippen LogP contribution in [0.25, 0.3) is 38.6 Å². The molecule has 4 aromatic carbocycles. The summed E-state index contributed by atoms with van der Waals surface area (Å²) in [4.78, 5) is 0. The Morgan fingerprint density at radius 2 is 1.25 bits per heavy atom. The van der Waals surface area contributed by atoms with Gasteiger partial charge in [0.2, 0.25) is 0 Å². The average molecular weight is 361 g/mol. The average Bonchev–Trinajstić information content (AvgIpc) is 3.08. The zero-order valence-electron chi connectivity index (χ0n) is 16.3. The fourth-order valence-corrected chi connectivity index (χ4v) is 4.34. The third-order valence-electron chi connectivity index (χ3n) is 5.75.